The fraction of sp³-hybridized carbons (Fsp3) is 0.278. The van der Waals surface area contributed by atoms with E-state index in [2.05, 4.69) is 10.0 Å². The molecule has 1 fully saturated rings. The van der Waals surface area contributed by atoms with Crippen LogP contribution in [0.4, 0.5) is 10.1 Å². The van der Waals surface area contributed by atoms with Crippen molar-refractivity contribution in [2.45, 2.75) is 36.3 Å². The summed E-state index contributed by atoms with van der Waals surface area (Å²) in [6.45, 7) is 1.83. The van der Waals surface area contributed by atoms with Gasteiger partial charge in [0.1, 0.15) is 5.82 Å². The molecule has 1 aliphatic rings. The molecule has 0 aliphatic heterocycles. The Hall–Kier alpha value is -2.45. The van der Waals surface area contributed by atoms with Crippen molar-refractivity contribution in [3.63, 3.8) is 0 Å². The Morgan fingerprint density at radius 1 is 1.19 bits per heavy atom. The van der Waals surface area contributed by atoms with Gasteiger partial charge in [-0.2, -0.15) is 0 Å². The molecule has 0 heterocycles. The maximum Gasteiger partial charge on any atom is 0.261 e. The Labute approximate surface area is 151 Å². The number of hydrogen-bond acceptors (Lipinski definition) is 4. The highest BCUT2D eigenvalue weighted by molar-refractivity contribution is 7.92. The van der Waals surface area contributed by atoms with Crippen LogP contribution >= 0.6 is 0 Å². The maximum atomic E-state index is 12.9. The lowest BCUT2D eigenvalue weighted by molar-refractivity contribution is 0.0128. The molecule has 8 heteroatoms. The van der Waals surface area contributed by atoms with E-state index in [0.29, 0.717) is 12.8 Å². The zero-order chi connectivity index (χ0) is 18.9. The minimum Gasteiger partial charge on any atom is -0.393 e. The first-order chi connectivity index (χ1) is 12.2. The van der Waals surface area contributed by atoms with Crippen LogP contribution in [0.25, 0.3) is 0 Å². The molecule has 0 saturated heterocycles. The van der Waals surface area contributed by atoms with Gasteiger partial charge in [-0.05, 0) is 62.2 Å². The van der Waals surface area contributed by atoms with E-state index in [1.165, 1.54) is 36.4 Å². The molecule has 6 nitrogen and oxygen atoms in total. The number of aliphatic hydroxyl groups excluding tert-OH is 1. The van der Waals surface area contributed by atoms with Gasteiger partial charge in [-0.25, -0.2) is 12.8 Å². The predicted molar refractivity (Wildman–Crippen MR) is 94.8 cm³/mol. The van der Waals surface area contributed by atoms with Crippen LogP contribution in [0.5, 0.6) is 0 Å². The number of halogens is 1. The molecule has 3 rings (SSSR count). The first-order valence-electron chi connectivity index (χ1n) is 8.06. The molecule has 0 aromatic heterocycles. The molecule has 138 valence electrons. The van der Waals surface area contributed by atoms with Crippen LogP contribution in [0.1, 0.15) is 30.1 Å². The highest BCUT2D eigenvalue weighted by atomic mass is 32.2. The lowest BCUT2D eigenvalue weighted by Crippen LogP contribution is -2.57. The Bertz CT molecular complexity index is 922. The monoisotopic (exact) mass is 378 g/mol. The van der Waals surface area contributed by atoms with Crippen molar-refractivity contribution in [1.82, 2.24) is 5.32 Å². The van der Waals surface area contributed by atoms with E-state index in [1.807, 2.05) is 6.92 Å². The Morgan fingerprint density at radius 3 is 2.46 bits per heavy atom. The van der Waals surface area contributed by atoms with Gasteiger partial charge in [0, 0.05) is 16.8 Å². The van der Waals surface area contributed by atoms with Crippen molar-refractivity contribution in [2.75, 3.05) is 4.72 Å². The largest absolute Gasteiger partial charge is 0.393 e. The zero-order valence-corrected chi connectivity index (χ0v) is 14.9. The van der Waals surface area contributed by atoms with Gasteiger partial charge in [-0.3, -0.25) is 9.52 Å². The normalized spacial score (nSPS) is 22.3. The molecule has 2 aromatic rings. The summed E-state index contributed by atoms with van der Waals surface area (Å²) < 4.78 is 40.3. The van der Waals surface area contributed by atoms with Crippen LogP contribution in [-0.4, -0.2) is 31.1 Å². The first kappa shape index (κ1) is 18.3. The second kappa shape index (κ2) is 6.69. The second-order valence-electron chi connectivity index (χ2n) is 6.72. The lowest BCUT2D eigenvalue weighted by atomic mass is 9.76. The summed E-state index contributed by atoms with van der Waals surface area (Å²) in [6.07, 6.45) is 0.498. The van der Waals surface area contributed by atoms with E-state index >= 15 is 0 Å². The van der Waals surface area contributed by atoms with Gasteiger partial charge in [-0.15, -0.1) is 0 Å². The van der Waals surface area contributed by atoms with Crippen LogP contribution in [0, 0.1) is 5.82 Å². The number of sulfonamides is 1. The van der Waals surface area contributed by atoms with Gasteiger partial charge in [0.05, 0.1) is 11.0 Å². The van der Waals surface area contributed by atoms with Crippen LogP contribution in [0.3, 0.4) is 0 Å². The van der Waals surface area contributed by atoms with Gasteiger partial charge < -0.3 is 10.4 Å². The van der Waals surface area contributed by atoms with Crippen LogP contribution < -0.4 is 10.0 Å². The number of rotatable bonds is 5. The van der Waals surface area contributed by atoms with Crippen molar-refractivity contribution in [2.24, 2.45) is 0 Å². The van der Waals surface area contributed by atoms with E-state index in [0.717, 1.165) is 12.1 Å². The van der Waals surface area contributed by atoms with Crippen molar-refractivity contribution in [3.8, 4) is 0 Å². The fourth-order valence-electron chi connectivity index (χ4n) is 2.97. The molecular weight excluding hydrogens is 359 g/mol. The molecule has 2 aromatic carbocycles. The molecular formula is C18H19FN2O4S. The number of aliphatic hydroxyl groups is 1. The van der Waals surface area contributed by atoms with Gasteiger partial charge in [0.25, 0.3) is 15.9 Å². The van der Waals surface area contributed by atoms with Gasteiger partial charge >= 0.3 is 0 Å². The van der Waals surface area contributed by atoms with Gasteiger partial charge in [0.15, 0.2) is 0 Å². The van der Waals surface area contributed by atoms with Crippen molar-refractivity contribution >= 4 is 21.6 Å². The Morgan fingerprint density at radius 2 is 1.85 bits per heavy atom. The molecule has 1 amide bonds. The second-order valence-corrected chi connectivity index (χ2v) is 8.40. The van der Waals surface area contributed by atoms with Crippen LogP contribution in [0.15, 0.2) is 53.4 Å². The number of amides is 1. The molecule has 3 N–H and O–H groups in total. The van der Waals surface area contributed by atoms with E-state index in [9.17, 15) is 22.7 Å². The quantitative estimate of drug-likeness (QED) is 0.744. The van der Waals surface area contributed by atoms with E-state index in [4.69, 9.17) is 0 Å². The van der Waals surface area contributed by atoms with Crippen molar-refractivity contribution in [1.29, 1.82) is 0 Å². The van der Waals surface area contributed by atoms with E-state index in [1.54, 1.807) is 0 Å². The number of carbonyl (C=O) groups is 1. The summed E-state index contributed by atoms with van der Waals surface area (Å²) in [4.78, 5) is 12.3. The number of hydrogen-bond donors (Lipinski definition) is 3. The smallest absolute Gasteiger partial charge is 0.261 e. The molecule has 0 atom stereocenters. The molecule has 0 bridgehead atoms. The topological polar surface area (TPSA) is 95.5 Å². The lowest BCUT2D eigenvalue weighted by Gasteiger charge is -2.43. The third-order valence-corrected chi connectivity index (χ3v) is 5.67. The number of nitrogens with one attached hydrogen (secondary N) is 2. The van der Waals surface area contributed by atoms with Gasteiger partial charge in [-0.1, -0.05) is 6.07 Å². The highest BCUT2D eigenvalue weighted by Crippen LogP contribution is 2.32. The van der Waals surface area contributed by atoms with Crippen molar-refractivity contribution in [3.05, 3.63) is 59.9 Å². The molecule has 1 aliphatic carbocycles. The maximum absolute atomic E-state index is 12.9. The van der Waals surface area contributed by atoms with E-state index in [-0.39, 0.29) is 16.1 Å². The summed E-state index contributed by atoms with van der Waals surface area (Å²) >= 11 is 0. The SMILES string of the molecule is CC1(NC(=O)c2cccc(S(=O)(=O)Nc3ccc(F)cc3)c2)CC(O)C1. The third-order valence-electron chi connectivity index (χ3n) is 4.29. The Kier molecular flexibility index (Phi) is 4.72. The van der Waals surface area contributed by atoms with Gasteiger partial charge in [0.2, 0.25) is 0 Å². The fourth-order valence-corrected chi connectivity index (χ4v) is 4.07. The standard InChI is InChI=1S/C18H19FN2O4S/c1-18(10-15(22)11-18)20-17(23)12-3-2-4-16(9-12)26(24,25)21-14-7-5-13(19)6-8-14/h2-9,15,21-22H,10-11H2,1H3,(H,20,23). The Balaban J connectivity index is 1.77. The number of anilines is 1. The minimum atomic E-state index is -3.92. The molecule has 0 unspecified atom stereocenters. The van der Waals surface area contributed by atoms with E-state index < -0.39 is 33.4 Å². The predicted octanol–water partition coefficient (Wildman–Crippen LogP) is 2.27. The average Bonchev–Trinajstić information content (AvgIpc) is 2.55. The minimum absolute atomic E-state index is 0.0757. The molecule has 0 spiro atoms. The molecule has 1 saturated carbocycles. The summed E-state index contributed by atoms with van der Waals surface area (Å²) in [6, 6.07) is 10.6. The summed E-state index contributed by atoms with van der Waals surface area (Å²) in [5, 5.41) is 12.2. The zero-order valence-electron chi connectivity index (χ0n) is 14.1. The van der Waals surface area contributed by atoms with Crippen LogP contribution in [0.2, 0.25) is 0 Å². The first-order valence-corrected chi connectivity index (χ1v) is 9.54. The van der Waals surface area contributed by atoms with Crippen LogP contribution in [-0.2, 0) is 10.0 Å². The number of benzene rings is 2. The highest BCUT2D eigenvalue weighted by Gasteiger charge is 2.40. The summed E-state index contributed by atoms with van der Waals surface area (Å²) in [5.74, 6) is -0.876. The average molecular weight is 378 g/mol. The third kappa shape index (κ3) is 4.03. The summed E-state index contributed by atoms with van der Waals surface area (Å²) in [5.41, 5.74) is -0.0654. The van der Waals surface area contributed by atoms with Crippen molar-refractivity contribution < 1.29 is 22.7 Å². The number of carbonyl (C=O) groups excluding carboxylic acids is 1. The summed E-state index contributed by atoms with van der Waals surface area (Å²) in [7, 11) is -3.92. The molecule has 26 heavy (non-hydrogen) atoms. The molecule has 0 radical (unpaired) electrons.